The molecule has 25 heavy (non-hydrogen) atoms. The normalized spacial score (nSPS) is 10.8. The summed E-state index contributed by atoms with van der Waals surface area (Å²) in [5, 5.41) is 5.34. The van der Waals surface area contributed by atoms with Crippen molar-refractivity contribution in [2.24, 2.45) is 0 Å². The van der Waals surface area contributed by atoms with E-state index in [4.69, 9.17) is 9.15 Å². The first-order chi connectivity index (χ1) is 12.1. The highest BCUT2D eigenvalue weighted by Gasteiger charge is 2.15. The van der Waals surface area contributed by atoms with Crippen LogP contribution >= 0.6 is 11.3 Å². The maximum absolute atomic E-state index is 12.3. The third-order valence-corrected chi connectivity index (χ3v) is 4.61. The average Bonchev–Trinajstić information content (AvgIpc) is 3.19. The van der Waals surface area contributed by atoms with Gasteiger partial charge in [-0.1, -0.05) is 24.3 Å². The van der Waals surface area contributed by atoms with Gasteiger partial charge in [-0.2, -0.15) is 0 Å². The molecule has 0 saturated heterocycles. The van der Waals surface area contributed by atoms with Crippen molar-refractivity contribution in [3.63, 3.8) is 0 Å². The van der Waals surface area contributed by atoms with Gasteiger partial charge >= 0.3 is 0 Å². The summed E-state index contributed by atoms with van der Waals surface area (Å²) >= 11 is 1.40. The van der Waals surface area contributed by atoms with E-state index in [0.29, 0.717) is 23.1 Å². The Morgan fingerprint density at radius 1 is 1.28 bits per heavy atom. The molecule has 1 aromatic carbocycles. The van der Waals surface area contributed by atoms with Gasteiger partial charge in [0.15, 0.2) is 5.13 Å². The molecule has 0 aliphatic rings. The third-order valence-electron chi connectivity index (χ3n) is 3.85. The number of benzene rings is 1. The lowest BCUT2D eigenvalue weighted by molar-refractivity contribution is 0.102. The number of hydrogen-bond acceptors (Lipinski definition) is 5. The van der Waals surface area contributed by atoms with Gasteiger partial charge in [-0.3, -0.25) is 10.1 Å². The van der Waals surface area contributed by atoms with Crippen molar-refractivity contribution in [3.05, 3.63) is 58.4 Å². The Balaban J connectivity index is 1.69. The third kappa shape index (κ3) is 4.15. The first kappa shape index (κ1) is 17.4. The summed E-state index contributed by atoms with van der Waals surface area (Å²) in [6.45, 7) is 4.31. The first-order valence-electron chi connectivity index (χ1n) is 7.99. The Morgan fingerprint density at radius 3 is 2.68 bits per heavy atom. The zero-order valence-electron chi connectivity index (χ0n) is 14.5. The van der Waals surface area contributed by atoms with Crippen LogP contribution in [0.15, 0.2) is 40.1 Å². The average molecular weight is 356 g/mol. The molecule has 2 heterocycles. The van der Waals surface area contributed by atoms with Crippen LogP contribution in [0.3, 0.4) is 0 Å². The molecule has 0 aliphatic heterocycles. The largest absolute Gasteiger partial charge is 0.466 e. The lowest BCUT2D eigenvalue weighted by atomic mass is 10.1. The lowest BCUT2D eigenvalue weighted by Gasteiger charge is -2.02. The van der Waals surface area contributed by atoms with Crippen molar-refractivity contribution >= 4 is 22.4 Å². The molecule has 0 bridgehead atoms. The Bertz CT molecular complexity index is 865. The van der Waals surface area contributed by atoms with Crippen molar-refractivity contribution in [2.45, 2.75) is 20.3 Å². The zero-order chi connectivity index (χ0) is 17.8. The van der Waals surface area contributed by atoms with Gasteiger partial charge in [-0.15, -0.1) is 11.3 Å². The Hall–Kier alpha value is -2.44. The van der Waals surface area contributed by atoms with Crippen LogP contribution in [0.25, 0.3) is 11.3 Å². The van der Waals surface area contributed by atoms with Gasteiger partial charge in [0.05, 0.1) is 17.9 Å². The van der Waals surface area contributed by atoms with Crippen LogP contribution in [-0.4, -0.2) is 24.6 Å². The molecule has 6 heteroatoms. The summed E-state index contributed by atoms with van der Waals surface area (Å²) in [5.41, 5.74) is 3.63. The van der Waals surface area contributed by atoms with E-state index in [0.717, 1.165) is 23.4 Å². The highest BCUT2D eigenvalue weighted by molar-refractivity contribution is 7.14. The molecule has 130 valence electrons. The fourth-order valence-electron chi connectivity index (χ4n) is 2.55. The number of nitrogens with one attached hydrogen (secondary N) is 1. The SMILES string of the molecule is COCCc1ccc(-c2csc(NC(=O)c3cc(C)oc3C)n2)cc1. The van der Waals surface area contributed by atoms with Crippen LogP contribution in [0, 0.1) is 13.8 Å². The number of methoxy groups -OCH3 is 1. The monoisotopic (exact) mass is 356 g/mol. The number of ether oxygens (including phenoxy) is 1. The molecule has 0 aliphatic carbocycles. The van der Waals surface area contributed by atoms with Crippen LogP contribution < -0.4 is 5.32 Å². The highest BCUT2D eigenvalue weighted by atomic mass is 32.1. The topological polar surface area (TPSA) is 64.4 Å². The number of aryl methyl sites for hydroxylation is 2. The second-order valence-electron chi connectivity index (χ2n) is 5.76. The summed E-state index contributed by atoms with van der Waals surface area (Å²) in [6.07, 6.45) is 0.888. The maximum Gasteiger partial charge on any atom is 0.260 e. The number of thiazole rings is 1. The number of rotatable bonds is 6. The molecule has 0 atom stereocenters. The zero-order valence-corrected chi connectivity index (χ0v) is 15.3. The van der Waals surface area contributed by atoms with Crippen LogP contribution in [0.1, 0.15) is 27.4 Å². The minimum absolute atomic E-state index is 0.204. The number of furan rings is 1. The van der Waals surface area contributed by atoms with E-state index in [1.165, 1.54) is 16.9 Å². The second-order valence-corrected chi connectivity index (χ2v) is 6.62. The molecular formula is C19H20N2O3S. The Labute approximate surface area is 150 Å². The second kappa shape index (κ2) is 7.63. The van der Waals surface area contributed by atoms with Gasteiger partial charge in [0.2, 0.25) is 0 Å². The molecule has 1 N–H and O–H groups in total. The van der Waals surface area contributed by atoms with E-state index < -0.39 is 0 Å². The van der Waals surface area contributed by atoms with Gasteiger partial charge in [-0.05, 0) is 31.9 Å². The van der Waals surface area contributed by atoms with Crippen LogP contribution in [0.2, 0.25) is 0 Å². The fraction of sp³-hybridized carbons (Fsp3) is 0.263. The van der Waals surface area contributed by atoms with Gasteiger partial charge in [0.1, 0.15) is 11.5 Å². The standard InChI is InChI=1S/C19H20N2O3S/c1-12-10-16(13(2)24-12)18(22)21-19-20-17(11-25-19)15-6-4-14(5-7-15)8-9-23-3/h4-7,10-11H,8-9H2,1-3H3,(H,20,21,22). The predicted octanol–water partition coefficient (Wildman–Crippen LogP) is 4.46. The minimum Gasteiger partial charge on any atom is -0.466 e. The van der Waals surface area contributed by atoms with E-state index in [1.807, 2.05) is 24.4 Å². The quantitative estimate of drug-likeness (QED) is 0.708. The minimum atomic E-state index is -0.204. The van der Waals surface area contributed by atoms with Crippen molar-refractivity contribution in [1.82, 2.24) is 4.98 Å². The van der Waals surface area contributed by atoms with Crippen LogP contribution in [-0.2, 0) is 11.2 Å². The molecule has 0 radical (unpaired) electrons. The van der Waals surface area contributed by atoms with E-state index in [9.17, 15) is 4.79 Å². The molecule has 0 saturated carbocycles. The number of hydrogen-bond donors (Lipinski definition) is 1. The van der Waals surface area contributed by atoms with Crippen molar-refractivity contribution < 1.29 is 13.9 Å². The summed E-state index contributed by atoms with van der Waals surface area (Å²) in [7, 11) is 1.70. The number of nitrogens with zero attached hydrogens (tertiary/aromatic N) is 1. The number of amides is 1. The number of carbonyl (C=O) groups is 1. The van der Waals surface area contributed by atoms with E-state index in [-0.39, 0.29) is 5.91 Å². The van der Waals surface area contributed by atoms with Crippen LogP contribution in [0.4, 0.5) is 5.13 Å². The Morgan fingerprint density at radius 2 is 2.04 bits per heavy atom. The number of carbonyl (C=O) groups excluding carboxylic acids is 1. The molecule has 3 aromatic rings. The maximum atomic E-state index is 12.3. The number of anilines is 1. The predicted molar refractivity (Wildman–Crippen MR) is 99.3 cm³/mol. The van der Waals surface area contributed by atoms with Crippen LogP contribution in [0.5, 0.6) is 0 Å². The van der Waals surface area contributed by atoms with Gasteiger partial charge < -0.3 is 9.15 Å². The fourth-order valence-corrected chi connectivity index (χ4v) is 3.26. The Kier molecular flexibility index (Phi) is 5.31. The van der Waals surface area contributed by atoms with Crippen molar-refractivity contribution in [2.75, 3.05) is 19.0 Å². The molecule has 0 fully saturated rings. The first-order valence-corrected chi connectivity index (χ1v) is 8.87. The molecule has 1 amide bonds. The molecular weight excluding hydrogens is 336 g/mol. The van der Waals surface area contributed by atoms with Gasteiger partial charge in [-0.25, -0.2) is 4.98 Å². The summed E-state index contributed by atoms with van der Waals surface area (Å²) in [4.78, 5) is 16.8. The molecule has 3 rings (SSSR count). The smallest absolute Gasteiger partial charge is 0.260 e. The lowest BCUT2D eigenvalue weighted by Crippen LogP contribution is -2.11. The summed E-state index contributed by atoms with van der Waals surface area (Å²) < 4.78 is 10.5. The molecule has 2 aromatic heterocycles. The van der Waals surface area contributed by atoms with E-state index in [2.05, 4.69) is 22.4 Å². The molecule has 5 nitrogen and oxygen atoms in total. The summed E-state index contributed by atoms with van der Waals surface area (Å²) in [5.74, 6) is 1.12. The highest BCUT2D eigenvalue weighted by Crippen LogP contribution is 2.26. The van der Waals surface area contributed by atoms with E-state index in [1.54, 1.807) is 20.1 Å². The van der Waals surface area contributed by atoms with Gasteiger partial charge in [0.25, 0.3) is 5.91 Å². The van der Waals surface area contributed by atoms with Gasteiger partial charge in [0, 0.05) is 18.1 Å². The number of aromatic nitrogens is 1. The van der Waals surface area contributed by atoms with E-state index >= 15 is 0 Å². The summed E-state index contributed by atoms with van der Waals surface area (Å²) in [6, 6.07) is 9.95. The molecule has 0 unspecified atom stereocenters. The van der Waals surface area contributed by atoms with Crippen molar-refractivity contribution in [3.8, 4) is 11.3 Å². The van der Waals surface area contributed by atoms with Crippen molar-refractivity contribution in [1.29, 1.82) is 0 Å². The molecule has 0 spiro atoms.